The van der Waals surface area contributed by atoms with Crippen LogP contribution in [0.5, 0.6) is 0 Å². The lowest BCUT2D eigenvalue weighted by Crippen LogP contribution is -2.37. The first-order chi connectivity index (χ1) is 14.5. The standard InChI is InChI=1S/C24H28ClN3O2/c1-18-7-4-8-19(2)23(18)26-24(29)28(13-14-30-3)17-22-11-6-12-27(22)16-20-9-5-10-21(25)15-20/h4-12,15H,13-14,16-17H2,1-3H3,(H,26,29). The van der Waals surface area contributed by atoms with Gasteiger partial charge in [0.25, 0.3) is 0 Å². The Bertz CT molecular complexity index is 979. The van der Waals surface area contributed by atoms with Gasteiger partial charge in [-0.3, -0.25) is 0 Å². The van der Waals surface area contributed by atoms with Crippen molar-refractivity contribution in [1.82, 2.24) is 9.47 Å². The molecule has 6 heteroatoms. The third kappa shape index (κ3) is 5.65. The maximum absolute atomic E-state index is 13.1. The fraction of sp³-hybridized carbons (Fsp3) is 0.292. The zero-order valence-electron chi connectivity index (χ0n) is 17.7. The van der Waals surface area contributed by atoms with E-state index in [1.807, 2.05) is 74.6 Å². The van der Waals surface area contributed by atoms with Crippen LogP contribution in [0.25, 0.3) is 0 Å². The number of aromatic nitrogens is 1. The molecule has 0 radical (unpaired) electrons. The Kier molecular flexibility index (Phi) is 7.55. The molecule has 0 saturated carbocycles. The monoisotopic (exact) mass is 425 g/mol. The first-order valence-corrected chi connectivity index (χ1v) is 10.3. The average molecular weight is 426 g/mol. The second-order valence-electron chi connectivity index (χ2n) is 7.37. The predicted octanol–water partition coefficient (Wildman–Crippen LogP) is 5.49. The predicted molar refractivity (Wildman–Crippen MR) is 122 cm³/mol. The third-order valence-corrected chi connectivity index (χ3v) is 5.32. The highest BCUT2D eigenvalue weighted by Gasteiger charge is 2.17. The Morgan fingerprint density at radius 3 is 2.53 bits per heavy atom. The smallest absolute Gasteiger partial charge is 0.322 e. The SMILES string of the molecule is COCCN(Cc1cccn1Cc1cccc(Cl)c1)C(=O)Nc1c(C)cccc1C. The summed E-state index contributed by atoms with van der Waals surface area (Å²) >= 11 is 6.13. The molecule has 0 aliphatic heterocycles. The van der Waals surface area contributed by atoms with Gasteiger partial charge in [-0.2, -0.15) is 0 Å². The number of hydrogen-bond acceptors (Lipinski definition) is 2. The van der Waals surface area contributed by atoms with E-state index in [1.54, 1.807) is 12.0 Å². The van der Waals surface area contributed by atoms with Gasteiger partial charge < -0.3 is 19.5 Å². The number of hydrogen-bond donors (Lipinski definition) is 1. The molecule has 0 atom stereocenters. The number of methoxy groups -OCH3 is 1. The number of aryl methyl sites for hydroxylation is 2. The number of benzene rings is 2. The van der Waals surface area contributed by atoms with Gasteiger partial charge in [-0.05, 0) is 54.8 Å². The van der Waals surface area contributed by atoms with Crippen molar-refractivity contribution < 1.29 is 9.53 Å². The molecular weight excluding hydrogens is 398 g/mol. The Labute approximate surface area is 183 Å². The fourth-order valence-corrected chi connectivity index (χ4v) is 3.64. The van der Waals surface area contributed by atoms with Crippen LogP contribution in [-0.2, 0) is 17.8 Å². The van der Waals surface area contributed by atoms with Gasteiger partial charge in [0.05, 0.1) is 13.2 Å². The maximum atomic E-state index is 13.1. The highest BCUT2D eigenvalue weighted by Crippen LogP contribution is 2.21. The third-order valence-electron chi connectivity index (χ3n) is 5.08. The van der Waals surface area contributed by atoms with Gasteiger partial charge in [-0.15, -0.1) is 0 Å². The highest BCUT2D eigenvalue weighted by molar-refractivity contribution is 6.30. The van der Waals surface area contributed by atoms with Crippen LogP contribution in [0.15, 0.2) is 60.8 Å². The van der Waals surface area contributed by atoms with Crippen LogP contribution in [0, 0.1) is 13.8 Å². The molecule has 30 heavy (non-hydrogen) atoms. The molecule has 0 bridgehead atoms. The van der Waals surface area contributed by atoms with Crippen LogP contribution in [0.2, 0.25) is 5.02 Å². The number of para-hydroxylation sites is 1. The van der Waals surface area contributed by atoms with Gasteiger partial charge in [-0.1, -0.05) is 41.9 Å². The lowest BCUT2D eigenvalue weighted by Gasteiger charge is -2.25. The van der Waals surface area contributed by atoms with E-state index in [-0.39, 0.29) is 6.03 Å². The molecule has 158 valence electrons. The summed E-state index contributed by atoms with van der Waals surface area (Å²) < 4.78 is 7.37. The molecule has 1 N–H and O–H groups in total. The highest BCUT2D eigenvalue weighted by atomic mass is 35.5. The molecule has 2 amide bonds. The molecule has 3 rings (SSSR count). The summed E-state index contributed by atoms with van der Waals surface area (Å²) in [5, 5.41) is 3.80. The molecule has 0 spiro atoms. The zero-order chi connectivity index (χ0) is 21.5. The minimum atomic E-state index is -0.139. The molecule has 1 heterocycles. The van der Waals surface area contributed by atoms with E-state index in [0.29, 0.717) is 26.2 Å². The molecule has 0 saturated heterocycles. The Morgan fingerprint density at radius 1 is 1.10 bits per heavy atom. The molecule has 1 aromatic heterocycles. The zero-order valence-corrected chi connectivity index (χ0v) is 18.4. The summed E-state index contributed by atoms with van der Waals surface area (Å²) in [7, 11) is 1.64. The quantitative estimate of drug-likeness (QED) is 0.518. The lowest BCUT2D eigenvalue weighted by atomic mass is 10.1. The van der Waals surface area contributed by atoms with Gasteiger partial charge in [0.15, 0.2) is 0 Å². The Morgan fingerprint density at radius 2 is 1.83 bits per heavy atom. The summed E-state index contributed by atoms with van der Waals surface area (Å²) in [4.78, 5) is 14.9. The summed E-state index contributed by atoms with van der Waals surface area (Å²) in [6.07, 6.45) is 2.02. The Hall–Kier alpha value is -2.76. The van der Waals surface area contributed by atoms with Crippen molar-refractivity contribution in [2.75, 3.05) is 25.6 Å². The minimum Gasteiger partial charge on any atom is -0.383 e. The number of nitrogens with one attached hydrogen (secondary N) is 1. The van der Waals surface area contributed by atoms with Crippen LogP contribution >= 0.6 is 11.6 Å². The van der Waals surface area contributed by atoms with Gasteiger partial charge in [0, 0.05) is 42.8 Å². The topological polar surface area (TPSA) is 46.5 Å². The van der Waals surface area contributed by atoms with Crippen LogP contribution in [0.4, 0.5) is 10.5 Å². The molecule has 0 unspecified atom stereocenters. The van der Waals surface area contributed by atoms with Crippen molar-refractivity contribution in [3.05, 3.63) is 88.2 Å². The number of rotatable bonds is 8. The minimum absolute atomic E-state index is 0.139. The summed E-state index contributed by atoms with van der Waals surface area (Å²) in [5.74, 6) is 0. The van der Waals surface area contributed by atoms with Gasteiger partial charge in [-0.25, -0.2) is 4.79 Å². The largest absolute Gasteiger partial charge is 0.383 e. The number of urea groups is 1. The van der Waals surface area contributed by atoms with Crippen molar-refractivity contribution in [3.8, 4) is 0 Å². The van der Waals surface area contributed by atoms with Crippen molar-refractivity contribution in [2.24, 2.45) is 0 Å². The number of amides is 2. The molecule has 0 aliphatic carbocycles. The number of nitrogens with zero attached hydrogens (tertiary/aromatic N) is 2. The van der Waals surface area contributed by atoms with Crippen LogP contribution in [0.3, 0.4) is 0 Å². The van der Waals surface area contributed by atoms with Crippen molar-refractivity contribution in [3.63, 3.8) is 0 Å². The van der Waals surface area contributed by atoms with Crippen molar-refractivity contribution in [1.29, 1.82) is 0 Å². The molecule has 2 aromatic carbocycles. The van der Waals surface area contributed by atoms with Gasteiger partial charge in [0.1, 0.15) is 0 Å². The number of carbonyl (C=O) groups excluding carboxylic acids is 1. The first-order valence-electron chi connectivity index (χ1n) is 9.97. The number of halogens is 1. The molecular formula is C24H28ClN3O2. The molecule has 5 nitrogen and oxygen atoms in total. The van der Waals surface area contributed by atoms with E-state index in [2.05, 4.69) is 9.88 Å². The van der Waals surface area contributed by atoms with Crippen LogP contribution < -0.4 is 5.32 Å². The van der Waals surface area contributed by atoms with Crippen LogP contribution in [-0.4, -0.2) is 35.8 Å². The Balaban J connectivity index is 1.77. The van der Waals surface area contributed by atoms with Crippen LogP contribution in [0.1, 0.15) is 22.4 Å². The summed E-state index contributed by atoms with van der Waals surface area (Å²) in [5.41, 5.74) is 5.10. The number of ether oxygens (including phenoxy) is 1. The van der Waals surface area contributed by atoms with E-state index in [4.69, 9.17) is 16.3 Å². The van der Waals surface area contributed by atoms with E-state index < -0.39 is 0 Å². The van der Waals surface area contributed by atoms with Crippen molar-refractivity contribution in [2.45, 2.75) is 26.9 Å². The first kappa shape index (κ1) is 21.9. The normalized spacial score (nSPS) is 10.8. The summed E-state index contributed by atoms with van der Waals surface area (Å²) in [6, 6.07) is 17.7. The summed E-state index contributed by atoms with van der Waals surface area (Å²) in [6.45, 7) is 6.13. The average Bonchev–Trinajstić information content (AvgIpc) is 3.14. The number of carbonyl (C=O) groups is 1. The molecule has 0 fully saturated rings. The lowest BCUT2D eigenvalue weighted by molar-refractivity contribution is 0.152. The fourth-order valence-electron chi connectivity index (χ4n) is 3.43. The maximum Gasteiger partial charge on any atom is 0.322 e. The molecule has 3 aromatic rings. The van der Waals surface area contributed by atoms with E-state index >= 15 is 0 Å². The number of anilines is 1. The van der Waals surface area contributed by atoms with Crippen molar-refractivity contribution >= 4 is 23.3 Å². The molecule has 0 aliphatic rings. The van der Waals surface area contributed by atoms with E-state index in [9.17, 15) is 4.79 Å². The van der Waals surface area contributed by atoms with Gasteiger partial charge in [0.2, 0.25) is 0 Å². The second kappa shape index (κ2) is 10.3. The van der Waals surface area contributed by atoms with E-state index in [1.165, 1.54) is 0 Å². The van der Waals surface area contributed by atoms with Gasteiger partial charge >= 0.3 is 6.03 Å². The van der Waals surface area contributed by atoms with E-state index in [0.717, 1.165) is 33.1 Å². The second-order valence-corrected chi connectivity index (χ2v) is 7.81.